The van der Waals surface area contributed by atoms with E-state index in [-0.39, 0.29) is 11.6 Å². The summed E-state index contributed by atoms with van der Waals surface area (Å²) < 4.78 is 20.3. The Morgan fingerprint density at radius 1 is 0.972 bits per heavy atom. The molecule has 4 aromatic rings. The zero-order chi connectivity index (χ0) is 25.2. The summed E-state index contributed by atoms with van der Waals surface area (Å²) in [6, 6.07) is 9.98. The fourth-order valence-electron chi connectivity index (χ4n) is 4.24. The van der Waals surface area contributed by atoms with Gasteiger partial charge in [0.15, 0.2) is 11.6 Å². The molecule has 3 aromatic heterocycles. The second kappa shape index (κ2) is 9.78. The van der Waals surface area contributed by atoms with E-state index in [1.165, 1.54) is 16.9 Å². The molecule has 1 saturated heterocycles. The van der Waals surface area contributed by atoms with Gasteiger partial charge in [-0.25, -0.2) is 14.4 Å². The van der Waals surface area contributed by atoms with Crippen LogP contribution in [-0.2, 0) is 0 Å². The quantitative estimate of drug-likeness (QED) is 0.421. The molecular weight excluding hydrogens is 461 g/mol. The molecule has 1 atom stereocenters. The molecule has 0 bridgehead atoms. The fourth-order valence-corrected chi connectivity index (χ4v) is 4.24. The number of aromatic nitrogens is 5. The summed E-state index contributed by atoms with van der Waals surface area (Å²) in [5, 5.41) is 8.33. The number of nitrogen functional groups attached to an aromatic ring is 2. The van der Waals surface area contributed by atoms with Gasteiger partial charge in [-0.05, 0) is 55.9 Å². The SMILES string of the molecule is C[C@@H](Oc1cc(-c2cc(N)nc(N3CCN(C)CC3)c2)cnc1N)c1cc(F)ccc1-n1nccn1. The van der Waals surface area contributed by atoms with Crippen LogP contribution in [0.3, 0.4) is 0 Å². The molecule has 1 aliphatic heterocycles. The summed E-state index contributed by atoms with van der Waals surface area (Å²) in [7, 11) is 2.11. The van der Waals surface area contributed by atoms with Crippen molar-refractivity contribution in [3.8, 4) is 22.6 Å². The molecule has 4 N–H and O–H groups in total. The van der Waals surface area contributed by atoms with E-state index in [1.54, 1.807) is 30.7 Å². The van der Waals surface area contributed by atoms with Crippen LogP contribution in [-0.4, -0.2) is 63.1 Å². The van der Waals surface area contributed by atoms with E-state index in [9.17, 15) is 4.39 Å². The maximum absolute atomic E-state index is 14.1. The molecule has 1 aromatic carbocycles. The van der Waals surface area contributed by atoms with Crippen molar-refractivity contribution in [1.82, 2.24) is 29.9 Å². The van der Waals surface area contributed by atoms with Crippen LogP contribution in [0.25, 0.3) is 16.8 Å². The number of hydrogen-bond donors (Lipinski definition) is 2. The molecule has 0 radical (unpaired) electrons. The number of nitrogens with zero attached hydrogens (tertiary/aromatic N) is 7. The zero-order valence-electron chi connectivity index (χ0n) is 20.2. The number of pyridine rings is 2. The molecule has 0 saturated carbocycles. The van der Waals surface area contributed by atoms with E-state index in [1.807, 2.05) is 19.1 Å². The smallest absolute Gasteiger partial charge is 0.166 e. The van der Waals surface area contributed by atoms with Crippen LogP contribution in [0.4, 0.5) is 21.8 Å². The van der Waals surface area contributed by atoms with Crippen molar-refractivity contribution in [2.75, 3.05) is 49.6 Å². The van der Waals surface area contributed by atoms with Crippen molar-refractivity contribution < 1.29 is 9.13 Å². The molecule has 0 amide bonds. The highest BCUT2D eigenvalue weighted by molar-refractivity contribution is 5.72. The van der Waals surface area contributed by atoms with Gasteiger partial charge in [-0.1, -0.05) is 0 Å². The van der Waals surface area contributed by atoms with E-state index >= 15 is 0 Å². The lowest BCUT2D eigenvalue weighted by Gasteiger charge is -2.33. The van der Waals surface area contributed by atoms with Crippen molar-refractivity contribution in [1.29, 1.82) is 0 Å². The van der Waals surface area contributed by atoms with Crippen LogP contribution in [0, 0.1) is 5.82 Å². The number of rotatable bonds is 6. The van der Waals surface area contributed by atoms with Gasteiger partial charge in [0.1, 0.15) is 23.6 Å². The van der Waals surface area contributed by atoms with Gasteiger partial charge in [0.25, 0.3) is 0 Å². The normalized spacial score (nSPS) is 15.1. The van der Waals surface area contributed by atoms with Crippen LogP contribution in [0.15, 0.2) is 55.0 Å². The number of anilines is 3. The second-order valence-electron chi connectivity index (χ2n) is 8.82. The van der Waals surface area contributed by atoms with Gasteiger partial charge >= 0.3 is 0 Å². The molecule has 36 heavy (non-hydrogen) atoms. The molecule has 0 spiro atoms. The summed E-state index contributed by atoms with van der Waals surface area (Å²) in [6.45, 7) is 5.48. The average molecular weight is 490 g/mol. The first-order valence-electron chi connectivity index (χ1n) is 11.7. The van der Waals surface area contributed by atoms with Gasteiger partial charge in [0.2, 0.25) is 0 Å². The first-order chi connectivity index (χ1) is 17.4. The largest absolute Gasteiger partial charge is 0.482 e. The summed E-state index contributed by atoms with van der Waals surface area (Å²) in [5.74, 6) is 1.45. The van der Waals surface area contributed by atoms with Gasteiger partial charge in [0, 0.05) is 43.5 Å². The molecule has 1 fully saturated rings. The summed E-state index contributed by atoms with van der Waals surface area (Å²) in [4.78, 5) is 14.8. The minimum atomic E-state index is -0.565. The first kappa shape index (κ1) is 23.5. The Morgan fingerprint density at radius 3 is 2.47 bits per heavy atom. The van der Waals surface area contributed by atoms with Crippen LogP contribution in [0.5, 0.6) is 5.75 Å². The maximum atomic E-state index is 14.1. The molecule has 0 unspecified atom stereocenters. The van der Waals surface area contributed by atoms with Gasteiger partial charge in [-0.3, -0.25) is 0 Å². The predicted molar refractivity (Wildman–Crippen MR) is 136 cm³/mol. The Bertz CT molecular complexity index is 1350. The van der Waals surface area contributed by atoms with Gasteiger partial charge in [0.05, 0.1) is 18.1 Å². The minimum Gasteiger partial charge on any atom is -0.482 e. The first-order valence-corrected chi connectivity index (χ1v) is 11.7. The van der Waals surface area contributed by atoms with Crippen LogP contribution >= 0.6 is 0 Å². The number of benzene rings is 1. The van der Waals surface area contributed by atoms with E-state index in [0.29, 0.717) is 22.8 Å². The van der Waals surface area contributed by atoms with E-state index in [2.05, 4.69) is 37.0 Å². The van der Waals surface area contributed by atoms with Gasteiger partial charge in [-0.2, -0.15) is 15.0 Å². The third-order valence-corrected chi connectivity index (χ3v) is 6.24. The molecule has 1 aliphatic rings. The van der Waals surface area contributed by atoms with Crippen LogP contribution < -0.4 is 21.1 Å². The monoisotopic (exact) mass is 489 g/mol. The fraction of sp³-hybridized carbons (Fsp3) is 0.280. The molecule has 10 nitrogen and oxygen atoms in total. The van der Waals surface area contributed by atoms with Crippen LogP contribution in [0.1, 0.15) is 18.6 Å². The number of likely N-dealkylation sites (N-methyl/N-ethyl adjacent to an activating group) is 1. The van der Waals surface area contributed by atoms with E-state index in [4.69, 9.17) is 16.2 Å². The van der Waals surface area contributed by atoms with Crippen molar-refractivity contribution in [3.05, 3.63) is 66.4 Å². The maximum Gasteiger partial charge on any atom is 0.166 e. The highest BCUT2D eigenvalue weighted by Gasteiger charge is 2.20. The number of ether oxygens (including phenoxy) is 1. The van der Waals surface area contributed by atoms with Gasteiger partial charge < -0.3 is 26.0 Å². The topological polar surface area (TPSA) is 124 Å². The van der Waals surface area contributed by atoms with Crippen LogP contribution in [0.2, 0.25) is 0 Å². The number of hydrogen-bond acceptors (Lipinski definition) is 9. The number of nitrogens with two attached hydrogens (primary N) is 2. The lowest BCUT2D eigenvalue weighted by molar-refractivity contribution is 0.226. The summed E-state index contributed by atoms with van der Waals surface area (Å²) in [5.41, 5.74) is 15.1. The summed E-state index contributed by atoms with van der Waals surface area (Å²) in [6.07, 6.45) is 4.22. The average Bonchev–Trinajstić information content (AvgIpc) is 3.40. The minimum absolute atomic E-state index is 0.224. The van der Waals surface area contributed by atoms with E-state index in [0.717, 1.165) is 43.1 Å². The third kappa shape index (κ3) is 4.91. The lowest BCUT2D eigenvalue weighted by Crippen LogP contribution is -2.44. The Kier molecular flexibility index (Phi) is 6.38. The highest BCUT2D eigenvalue weighted by Crippen LogP contribution is 2.34. The Labute approximate surface area is 208 Å². The molecule has 0 aliphatic carbocycles. The third-order valence-electron chi connectivity index (χ3n) is 6.24. The number of piperazine rings is 1. The number of halogens is 1. The second-order valence-corrected chi connectivity index (χ2v) is 8.82. The lowest BCUT2D eigenvalue weighted by atomic mass is 10.1. The van der Waals surface area contributed by atoms with Crippen molar-refractivity contribution in [2.45, 2.75) is 13.0 Å². The Hall–Kier alpha value is -4.25. The van der Waals surface area contributed by atoms with Crippen molar-refractivity contribution in [2.24, 2.45) is 0 Å². The zero-order valence-corrected chi connectivity index (χ0v) is 20.2. The van der Waals surface area contributed by atoms with Crippen molar-refractivity contribution >= 4 is 17.5 Å². The Balaban J connectivity index is 1.44. The summed E-state index contributed by atoms with van der Waals surface area (Å²) >= 11 is 0. The molecule has 5 rings (SSSR count). The molecule has 186 valence electrons. The van der Waals surface area contributed by atoms with Crippen molar-refractivity contribution in [3.63, 3.8) is 0 Å². The highest BCUT2D eigenvalue weighted by atomic mass is 19.1. The molecule has 4 heterocycles. The predicted octanol–water partition coefficient (Wildman–Crippen LogP) is 2.92. The Morgan fingerprint density at radius 2 is 1.72 bits per heavy atom. The molecule has 11 heteroatoms. The standard InChI is InChI=1S/C25H28FN9O/c1-16(20-14-19(26)3-4-21(20)35-30-5-6-31-35)36-22-11-18(15-29-25(22)28)17-12-23(27)32-24(13-17)34-9-7-33(2)8-10-34/h3-6,11-16H,7-10H2,1-2H3,(H2,27,32)(H2,28,29)/t16-/m1/s1. The van der Waals surface area contributed by atoms with Gasteiger partial charge in [-0.15, -0.1) is 0 Å². The molecular formula is C25H28FN9O. The van der Waals surface area contributed by atoms with E-state index < -0.39 is 6.10 Å².